The number of fused-ring (bicyclic) bond motifs is 2. The van der Waals surface area contributed by atoms with E-state index in [1.165, 1.54) is 35.8 Å². The van der Waals surface area contributed by atoms with E-state index in [-0.39, 0.29) is 11.7 Å². The van der Waals surface area contributed by atoms with Gasteiger partial charge in [-0.1, -0.05) is 11.8 Å². The molecule has 1 aliphatic carbocycles. The van der Waals surface area contributed by atoms with Gasteiger partial charge in [0, 0.05) is 4.88 Å². The number of aryl methyl sites for hydroxylation is 2. The summed E-state index contributed by atoms with van der Waals surface area (Å²) in [4.78, 5) is 27.1. The van der Waals surface area contributed by atoms with Crippen molar-refractivity contribution in [3.8, 4) is 11.4 Å². The summed E-state index contributed by atoms with van der Waals surface area (Å²) in [5.74, 6) is 0.924. The first-order valence-electron chi connectivity index (χ1n) is 9.95. The van der Waals surface area contributed by atoms with E-state index < -0.39 is 0 Å². The summed E-state index contributed by atoms with van der Waals surface area (Å²) in [6.45, 7) is 0. The molecule has 8 nitrogen and oxygen atoms in total. The monoisotopic (exact) mass is 452 g/mol. The summed E-state index contributed by atoms with van der Waals surface area (Å²) in [6, 6.07) is 7.59. The van der Waals surface area contributed by atoms with Crippen LogP contribution in [0.3, 0.4) is 0 Å². The summed E-state index contributed by atoms with van der Waals surface area (Å²) in [6.07, 6.45) is 7.68. The average Bonchev–Trinajstić information content (AvgIpc) is 3.41. The maximum atomic E-state index is 12.5. The van der Waals surface area contributed by atoms with Crippen molar-refractivity contribution in [3.05, 3.63) is 47.4 Å². The molecule has 0 saturated heterocycles. The molecule has 10 heteroatoms. The smallest absolute Gasteiger partial charge is 0.236 e. The van der Waals surface area contributed by atoms with Gasteiger partial charge in [-0.05, 0) is 49.9 Å². The Morgan fingerprint density at radius 2 is 2.06 bits per heavy atom. The number of methoxy groups -OCH3 is 1. The molecule has 0 unspecified atom stereocenters. The molecule has 0 radical (unpaired) electrons. The first-order chi connectivity index (χ1) is 15.2. The van der Waals surface area contributed by atoms with Crippen LogP contribution in [-0.2, 0) is 17.6 Å². The van der Waals surface area contributed by atoms with Gasteiger partial charge in [0.25, 0.3) is 0 Å². The predicted molar refractivity (Wildman–Crippen MR) is 121 cm³/mol. The van der Waals surface area contributed by atoms with Gasteiger partial charge in [-0.15, -0.1) is 11.3 Å². The molecule has 158 valence electrons. The minimum absolute atomic E-state index is 0.0922. The highest BCUT2D eigenvalue weighted by atomic mass is 32.2. The largest absolute Gasteiger partial charge is 0.497 e. The maximum Gasteiger partial charge on any atom is 0.236 e. The molecule has 0 atom stereocenters. The first-order valence-corrected chi connectivity index (χ1v) is 11.8. The van der Waals surface area contributed by atoms with Crippen molar-refractivity contribution in [2.75, 3.05) is 18.2 Å². The number of ether oxygens (including phenoxy) is 1. The lowest BCUT2D eigenvalue weighted by Crippen LogP contribution is -2.14. The number of carbonyl (C=O) groups excluding carboxylic acids is 1. The molecule has 1 amide bonds. The second kappa shape index (κ2) is 8.64. The lowest BCUT2D eigenvalue weighted by molar-refractivity contribution is -0.113. The van der Waals surface area contributed by atoms with Crippen LogP contribution < -0.4 is 10.1 Å². The van der Waals surface area contributed by atoms with E-state index in [9.17, 15) is 4.79 Å². The number of benzene rings is 1. The quantitative estimate of drug-likeness (QED) is 0.350. The molecule has 0 spiro atoms. The van der Waals surface area contributed by atoms with Crippen LogP contribution in [0.1, 0.15) is 23.4 Å². The van der Waals surface area contributed by atoms with Crippen molar-refractivity contribution in [3.63, 3.8) is 0 Å². The number of thioether (sulfide) groups is 1. The van der Waals surface area contributed by atoms with Crippen molar-refractivity contribution >= 4 is 45.2 Å². The highest BCUT2D eigenvalue weighted by Crippen LogP contribution is 2.30. The molecule has 3 aromatic heterocycles. The molecule has 1 aliphatic rings. The van der Waals surface area contributed by atoms with Crippen LogP contribution in [0.4, 0.5) is 5.13 Å². The Morgan fingerprint density at radius 1 is 1.23 bits per heavy atom. The number of rotatable bonds is 6. The number of aromatic nitrogens is 5. The van der Waals surface area contributed by atoms with Crippen molar-refractivity contribution in [2.45, 2.75) is 30.7 Å². The van der Waals surface area contributed by atoms with E-state index in [2.05, 4.69) is 25.4 Å². The zero-order valence-corrected chi connectivity index (χ0v) is 18.5. The van der Waals surface area contributed by atoms with E-state index in [1.807, 2.05) is 24.3 Å². The molecule has 5 rings (SSSR count). The number of amides is 1. The van der Waals surface area contributed by atoms with E-state index >= 15 is 0 Å². The van der Waals surface area contributed by atoms with E-state index in [0.717, 1.165) is 40.4 Å². The van der Waals surface area contributed by atoms with Crippen LogP contribution in [0.15, 0.2) is 41.8 Å². The van der Waals surface area contributed by atoms with Gasteiger partial charge in [0.2, 0.25) is 5.91 Å². The molecule has 1 aromatic carbocycles. The SMILES string of the molecule is COc1ccc(-n2ncc3c(SCC(=O)Nc4nc5c(s4)CCCC5)ncnc32)cc1. The minimum atomic E-state index is -0.0922. The second-order valence-electron chi connectivity index (χ2n) is 7.10. The normalized spacial score (nSPS) is 13.2. The molecule has 4 aromatic rings. The molecule has 1 N–H and O–H groups in total. The van der Waals surface area contributed by atoms with Crippen LogP contribution >= 0.6 is 23.1 Å². The fourth-order valence-electron chi connectivity index (χ4n) is 3.54. The number of nitrogens with zero attached hydrogens (tertiary/aromatic N) is 5. The third-order valence-corrected chi connectivity index (χ3v) is 7.16. The molecule has 31 heavy (non-hydrogen) atoms. The summed E-state index contributed by atoms with van der Waals surface area (Å²) in [5.41, 5.74) is 2.70. The van der Waals surface area contributed by atoms with Gasteiger partial charge in [0.05, 0.1) is 35.8 Å². The van der Waals surface area contributed by atoms with Gasteiger partial charge in [-0.3, -0.25) is 4.79 Å². The Labute approximate surface area is 187 Å². The number of anilines is 1. The average molecular weight is 453 g/mol. The van der Waals surface area contributed by atoms with Crippen molar-refractivity contribution < 1.29 is 9.53 Å². The third kappa shape index (κ3) is 4.13. The first kappa shape index (κ1) is 20.0. The number of hydrogen-bond donors (Lipinski definition) is 1. The Kier molecular flexibility index (Phi) is 5.56. The molecular weight excluding hydrogens is 432 g/mol. The number of hydrogen-bond acceptors (Lipinski definition) is 8. The molecule has 0 aliphatic heterocycles. The second-order valence-corrected chi connectivity index (χ2v) is 9.15. The van der Waals surface area contributed by atoms with Gasteiger partial charge >= 0.3 is 0 Å². The van der Waals surface area contributed by atoms with Crippen molar-refractivity contribution in [1.82, 2.24) is 24.7 Å². The minimum Gasteiger partial charge on any atom is -0.497 e. The molecule has 3 heterocycles. The fraction of sp³-hybridized carbons (Fsp3) is 0.286. The third-order valence-electron chi connectivity index (χ3n) is 5.08. The number of thiazole rings is 1. The van der Waals surface area contributed by atoms with Crippen LogP contribution in [0, 0.1) is 0 Å². The van der Waals surface area contributed by atoms with Gasteiger partial charge in [0.1, 0.15) is 17.1 Å². The Hall–Kier alpha value is -2.98. The molecule has 0 fully saturated rings. The summed E-state index contributed by atoms with van der Waals surface area (Å²) in [7, 11) is 1.63. The maximum absolute atomic E-state index is 12.5. The van der Waals surface area contributed by atoms with E-state index in [1.54, 1.807) is 29.3 Å². The van der Waals surface area contributed by atoms with E-state index in [0.29, 0.717) is 10.8 Å². The van der Waals surface area contributed by atoms with E-state index in [4.69, 9.17) is 4.74 Å². The lowest BCUT2D eigenvalue weighted by Gasteiger charge is -2.06. The van der Waals surface area contributed by atoms with Gasteiger partial charge in [0.15, 0.2) is 10.8 Å². The van der Waals surface area contributed by atoms with Gasteiger partial charge in [-0.25, -0.2) is 19.6 Å². The number of carbonyl (C=O) groups is 1. The Morgan fingerprint density at radius 3 is 2.87 bits per heavy atom. The predicted octanol–water partition coefficient (Wildman–Crippen LogP) is 3.89. The Bertz CT molecular complexity index is 1210. The summed E-state index contributed by atoms with van der Waals surface area (Å²) < 4.78 is 6.96. The molecule has 0 saturated carbocycles. The van der Waals surface area contributed by atoms with Gasteiger partial charge < -0.3 is 10.1 Å². The van der Waals surface area contributed by atoms with Gasteiger partial charge in [-0.2, -0.15) is 5.10 Å². The highest BCUT2D eigenvalue weighted by Gasteiger charge is 2.17. The molecular formula is C21H20N6O2S2. The summed E-state index contributed by atoms with van der Waals surface area (Å²) >= 11 is 2.96. The summed E-state index contributed by atoms with van der Waals surface area (Å²) in [5, 5.41) is 9.61. The zero-order valence-electron chi connectivity index (χ0n) is 16.9. The number of nitrogens with one attached hydrogen (secondary N) is 1. The lowest BCUT2D eigenvalue weighted by atomic mass is 10.0. The zero-order chi connectivity index (χ0) is 21.2. The van der Waals surface area contributed by atoms with Crippen LogP contribution in [-0.4, -0.2) is 43.5 Å². The van der Waals surface area contributed by atoms with Crippen molar-refractivity contribution in [2.24, 2.45) is 0 Å². The van der Waals surface area contributed by atoms with Crippen LogP contribution in [0.2, 0.25) is 0 Å². The fourth-order valence-corrected chi connectivity index (χ4v) is 5.37. The van der Waals surface area contributed by atoms with Crippen LogP contribution in [0.5, 0.6) is 5.75 Å². The van der Waals surface area contributed by atoms with Crippen LogP contribution in [0.25, 0.3) is 16.7 Å². The topological polar surface area (TPSA) is 94.8 Å². The van der Waals surface area contributed by atoms with Crippen molar-refractivity contribution in [1.29, 1.82) is 0 Å². The standard InChI is InChI=1S/C21H20N6O2S2/c1-29-14-8-6-13(7-9-14)27-19-15(10-24-27)20(23-12-22-19)30-11-18(28)26-21-25-16-4-2-3-5-17(16)31-21/h6-10,12H,2-5,11H2,1H3,(H,25,26,28). The highest BCUT2D eigenvalue weighted by molar-refractivity contribution is 8.00. The Balaban J connectivity index is 1.29. The molecule has 0 bridgehead atoms.